The number of carbonyl (C=O) groups excluding carboxylic acids is 2. The Labute approximate surface area is 193 Å². The minimum Gasteiger partial charge on any atom is -0.480 e. The molecule has 0 spiro atoms. The number of hydrogen-bond donors (Lipinski definition) is 3. The molecule has 10 nitrogen and oxygen atoms in total. The smallest absolute Gasteiger partial charge is 0.327 e. The normalized spacial score (nSPS) is 27.1. The number of aliphatic carboxylic acids is 1. The van der Waals surface area contributed by atoms with Crippen molar-refractivity contribution < 1.29 is 27.9 Å². The molecular formula is C19H22N4O6S3. The fourth-order valence-electron chi connectivity index (χ4n) is 3.77. The molecule has 0 aromatic heterocycles. The molecule has 172 valence electrons. The fraction of sp³-hybridized carbons (Fsp3) is 0.474. The van der Waals surface area contributed by atoms with Gasteiger partial charge in [-0.1, -0.05) is 6.92 Å². The average molecular weight is 499 g/mol. The van der Waals surface area contributed by atoms with Gasteiger partial charge in [0.25, 0.3) is 5.91 Å². The van der Waals surface area contributed by atoms with E-state index in [0.717, 1.165) is 16.7 Å². The van der Waals surface area contributed by atoms with Crippen molar-refractivity contribution in [2.75, 3.05) is 0 Å². The Morgan fingerprint density at radius 3 is 2.44 bits per heavy atom. The molecule has 13 heteroatoms. The number of nitrogens with zero attached hydrogens (tertiary/aromatic N) is 2. The Morgan fingerprint density at radius 2 is 1.97 bits per heavy atom. The van der Waals surface area contributed by atoms with Gasteiger partial charge in [-0.15, -0.1) is 23.5 Å². The van der Waals surface area contributed by atoms with Crippen molar-refractivity contribution in [2.24, 2.45) is 5.14 Å². The first-order valence-electron chi connectivity index (χ1n) is 9.54. The zero-order chi connectivity index (χ0) is 24.1. The molecule has 3 rings (SSSR count). The maximum absolute atomic E-state index is 13.0. The van der Waals surface area contributed by atoms with E-state index in [0.29, 0.717) is 11.3 Å². The summed E-state index contributed by atoms with van der Waals surface area (Å²) in [5.41, 5.74) is -1.84. The Hall–Kier alpha value is -2.27. The minimum absolute atomic E-state index is 0.0585. The monoisotopic (exact) mass is 498 g/mol. The Balaban J connectivity index is 1.78. The van der Waals surface area contributed by atoms with E-state index in [1.54, 1.807) is 20.8 Å². The Morgan fingerprint density at radius 1 is 1.38 bits per heavy atom. The van der Waals surface area contributed by atoms with Gasteiger partial charge in [0.05, 0.1) is 10.1 Å². The number of carboxylic acids is 1. The van der Waals surface area contributed by atoms with E-state index in [-0.39, 0.29) is 4.90 Å². The molecule has 0 radical (unpaired) electrons. The van der Waals surface area contributed by atoms with Crippen molar-refractivity contribution in [3.05, 3.63) is 24.3 Å². The van der Waals surface area contributed by atoms with Crippen LogP contribution in [0.4, 0.5) is 0 Å². The van der Waals surface area contributed by atoms with Crippen LogP contribution in [0.1, 0.15) is 27.2 Å². The predicted molar refractivity (Wildman–Crippen MR) is 118 cm³/mol. The van der Waals surface area contributed by atoms with E-state index in [9.17, 15) is 33.2 Å². The van der Waals surface area contributed by atoms with Crippen LogP contribution in [0.15, 0.2) is 34.1 Å². The quantitative estimate of drug-likeness (QED) is 0.362. The summed E-state index contributed by atoms with van der Waals surface area (Å²) in [5.74, 6) is -2.44. The Kier molecular flexibility index (Phi) is 6.29. The van der Waals surface area contributed by atoms with E-state index in [4.69, 9.17) is 5.14 Å². The van der Waals surface area contributed by atoms with Gasteiger partial charge in [-0.3, -0.25) is 9.59 Å². The number of hydrogen-bond acceptors (Lipinski definition) is 8. The van der Waals surface area contributed by atoms with Crippen LogP contribution in [0, 0.1) is 11.3 Å². The number of nitrogens with one attached hydrogen (secondary N) is 1. The Bertz CT molecular complexity index is 1110. The molecule has 2 amide bonds. The van der Waals surface area contributed by atoms with Gasteiger partial charge < -0.3 is 15.3 Å². The first-order valence-corrected chi connectivity index (χ1v) is 12.8. The number of amides is 2. The third-order valence-corrected chi connectivity index (χ3v) is 9.31. The van der Waals surface area contributed by atoms with E-state index in [2.05, 4.69) is 5.32 Å². The van der Waals surface area contributed by atoms with Crippen molar-refractivity contribution in [3.8, 4) is 6.07 Å². The van der Waals surface area contributed by atoms with Gasteiger partial charge in [0.15, 0.2) is 0 Å². The number of nitrogens with two attached hydrogens (primary N) is 1. The second-order valence-corrected chi connectivity index (χ2v) is 12.5. The van der Waals surface area contributed by atoms with Gasteiger partial charge in [0, 0.05) is 9.64 Å². The van der Waals surface area contributed by atoms with Gasteiger partial charge in [-0.25, -0.2) is 18.4 Å². The van der Waals surface area contributed by atoms with E-state index in [1.807, 2.05) is 6.07 Å². The maximum Gasteiger partial charge on any atom is 0.327 e. The molecule has 4 N–H and O–H groups in total. The number of carboxylic acid groups (broad SMARTS) is 1. The lowest BCUT2D eigenvalue weighted by atomic mass is 9.85. The van der Waals surface area contributed by atoms with Crippen molar-refractivity contribution in [1.29, 1.82) is 5.26 Å². The summed E-state index contributed by atoms with van der Waals surface area (Å²) < 4.78 is 22.0. The van der Waals surface area contributed by atoms with Crippen LogP contribution in [0.3, 0.4) is 0 Å². The number of primary sulfonamides is 1. The molecule has 0 saturated carbocycles. The van der Waals surface area contributed by atoms with Gasteiger partial charge in [0.2, 0.25) is 21.5 Å². The molecule has 2 aliphatic rings. The molecule has 1 unspecified atom stereocenters. The first-order chi connectivity index (χ1) is 14.8. The highest BCUT2D eigenvalue weighted by molar-refractivity contribution is 8.01. The van der Waals surface area contributed by atoms with Crippen LogP contribution < -0.4 is 10.5 Å². The molecule has 32 heavy (non-hydrogen) atoms. The van der Waals surface area contributed by atoms with Crippen LogP contribution in [0.2, 0.25) is 0 Å². The first kappa shape index (κ1) is 24.4. The van der Waals surface area contributed by atoms with Crippen LogP contribution >= 0.6 is 23.5 Å². The lowest BCUT2D eigenvalue weighted by Gasteiger charge is -2.49. The zero-order valence-corrected chi connectivity index (χ0v) is 19.9. The van der Waals surface area contributed by atoms with Gasteiger partial charge >= 0.3 is 5.97 Å². The van der Waals surface area contributed by atoms with Crippen molar-refractivity contribution in [1.82, 2.24) is 10.2 Å². The minimum atomic E-state index is -3.84. The molecule has 2 saturated heterocycles. The predicted octanol–water partition coefficient (Wildman–Crippen LogP) is 0.730. The van der Waals surface area contributed by atoms with Crippen LogP contribution in [-0.4, -0.2) is 63.2 Å². The van der Waals surface area contributed by atoms with Gasteiger partial charge in [0.1, 0.15) is 17.5 Å². The van der Waals surface area contributed by atoms with Gasteiger partial charge in [-0.2, -0.15) is 5.26 Å². The highest BCUT2D eigenvalue weighted by Crippen LogP contribution is 2.54. The molecule has 0 aliphatic carbocycles. The SMILES string of the molecule is CCC(Sc1ccc(S(N)(=O)=O)cc1)C(=O)N[C@@]1(C#N)C(=O)N2[C@@H](C(=O)O)C(C)(C)S[C@@H]21. The summed E-state index contributed by atoms with van der Waals surface area (Å²) in [5, 5.41) is 25.5. The molecular weight excluding hydrogens is 476 g/mol. The number of rotatable bonds is 7. The summed E-state index contributed by atoms with van der Waals surface area (Å²) >= 11 is 2.32. The average Bonchev–Trinajstić information content (AvgIpc) is 2.98. The number of fused-ring (bicyclic) bond motifs is 1. The molecule has 2 fully saturated rings. The van der Waals surface area contributed by atoms with Crippen molar-refractivity contribution in [2.45, 2.75) is 63.9 Å². The topological polar surface area (TPSA) is 171 Å². The number of nitriles is 1. The maximum atomic E-state index is 13.0. The fourth-order valence-corrected chi connectivity index (χ4v) is 6.88. The van der Waals surface area contributed by atoms with E-state index < -0.39 is 54.8 Å². The number of benzene rings is 1. The summed E-state index contributed by atoms with van der Waals surface area (Å²) in [4.78, 5) is 39.2. The largest absolute Gasteiger partial charge is 0.480 e. The number of thioether (sulfide) groups is 2. The summed E-state index contributed by atoms with van der Waals surface area (Å²) in [6, 6.07) is 6.50. The van der Waals surface area contributed by atoms with E-state index in [1.165, 1.54) is 36.0 Å². The molecule has 0 bridgehead atoms. The van der Waals surface area contributed by atoms with Gasteiger partial charge in [-0.05, 0) is 44.5 Å². The summed E-state index contributed by atoms with van der Waals surface area (Å²) in [6.45, 7) is 5.13. The molecule has 4 atom stereocenters. The van der Waals surface area contributed by atoms with Crippen LogP contribution in [0.5, 0.6) is 0 Å². The standard InChI is InChI=1S/C19H22N4O6S3/c1-4-12(30-10-5-7-11(8-6-10)32(21,28)29)14(24)22-19(9-20)16(27)23-13(15(25)26)18(2,3)31-17(19)23/h5-8,12-13,17H,4H2,1-3H3,(H,22,24)(H,25,26)(H2,21,28,29)/t12?,13-,17+,19-/m0/s1. The third kappa shape index (κ3) is 3.96. The lowest BCUT2D eigenvalue weighted by molar-refractivity contribution is -0.165. The molecule has 2 heterocycles. The number of sulfonamides is 1. The number of β-lactam (4-membered cyclic amide) rings is 1. The van der Waals surface area contributed by atoms with Crippen molar-refractivity contribution in [3.63, 3.8) is 0 Å². The zero-order valence-electron chi connectivity index (χ0n) is 17.4. The molecule has 1 aromatic carbocycles. The second-order valence-electron chi connectivity index (χ2n) is 7.97. The van der Waals surface area contributed by atoms with E-state index >= 15 is 0 Å². The highest BCUT2D eigenvalue weighted by Gasteiger charge is 2.73. The summed E-state index contributed by atoms with van der Waals surface area (Å²) in [6.07, 6.45) is 0.369. The lowest BCUT2D eigenvalue weighted by Crippen LogP contribution is -2.79. The highest BCUT2D eigenvalue weighted by atomic mass is 32.2. The molecule has 2 aliphatic heterocycles. The summed E-state index contributed by atoms with van der Waals surface area (Å²) in [7, 11) is -3.84. The van der Waals surface area contributed by atoms with Crippen LogP contribution in [0.25, 0.3) is 0 Å². The third-order valence-electron chi connectivity index (χ3n) is 5.37. The second kappa shape index (κ2) is 8.26. The number of carbonyl (C=O) groups is 3. The molecule has 1 aromatic rings. The van der Waals surface area contributed by atoms with Crippen LogP contribution in [-0.2, 0) is 24.4 Å². The van der Waals surface area contributed by atoms with Crippen molar-refractivity contribution >= 4 is 51.3 Å².